The molecule has 0 aromatic carbocycles. The number of carboxylic acid groups (broad SMARTS) is 1. The first kappa shape index (κ1) is 16.9. The van der Waals surface area contributed by atoms with Crippen LogP contribution in [0.15, 0.2) is 0 Å². The van der Waals surface area contributed by atoms with E-state index in [2.05, 4.69) is 5.32 Å². The quantitative estimate of drug-likeness (QED) is 0.562. The first-order valence-electron chi connectivity index (χ1n) is 7.26. The van der Waals surface area contributed by atoms with E-state index in [1.807, 2.05) is 13.8 Å². The van der Waals surface area contributed by atoms with Crippen molar-refractivity contribution in [1.82, 2.24) is 5.32 Å². The summed E-state index contributed by atoms with van der Waals surface area (Å²) in [5.41, 5.74) is 6.05. The van der Waals surface area contributed by atoms with Crippen molar-refractivity contribution in [2.75, 3.05) is 0 Å². The van der Waals surface area contributed by atoms with Crippen molar-refractivity contribution < 1.29 is 19.8 Å². The second kappa shape index (κ2) is 7.04. The minimum atomic E-state index is -1.03. The van der Waals surface area contributed by atoms with E-state index in [9.17, 15) is 14.7 Å². The summed E-state index contributed by atoms with van der Waals surface area (Å²) in [6.45, 7) is 5.46. The third-order valence-electron chi connectivity index (χ3n) is 4.49. The lowest BCUT2D eigenvalue weighted by Crippen LogP contribution is -2.52. The number of rotatable bonds is 6. The van der Waals surface area contributed by atoms with Crippen molar-refractivity contribution >= 4 is 11.9 Å². The summed E-state index contributed by atoms with van der Waals surface area (Å²) in [5.74, 6) is -2.29. The number of aliphatic hydroxyl groups is 1. The largest absolute Gasteiger partial charge is 0.481 e. The van der Waals surface area contributed by atoms with E-state index in [0.29, 0.717) is 0 Å². The molecule has 20 heavy (non-hydrogen) atoms. The average Bonchev–Trinajstić information content (AvgIpc) is 2.65. The zero-order chi connectivity index (χ0) is 15.4. The van der Waals surface area contributed by atoms with Crippen molar-refractivity contribution in [1.29, 1.82) is 0 Å². The minimum Gasteiger partial charge on any atom is -0.481 e. The zero-order valence-electron chi connectivity index (χ0n) is 12.4. The second-order valence-corrected chi connectivity index (χ2v) is 5.72. The summed E-state index contributed by atoms with van der Waals surface area (Å²) < 4.78 is 0. The van der Waals surface area contributed by atoms with Crippen molar-refractivity contribution in [3.05, 3.63) is 0 Å². The highest BCUT2D eigenvalue weighted by Gasteiger charge is 2.49. The molecule has 1 aliphatic rings. The Labute approximate surface area is 119 Å². The summed E-state index contributed by atoms with van der Waals surface area (Å²) in [6.07, 6.45) is 0.918. The molecule has 5 N–H and O–H groups in total. The molecule has 6 heteroatoms. The lowest BCUT2D eigenvalue weighted by Gasteiger charge is -2.35. The molecular formula is C14H26N2O4. The normalized spacial score (nSPS) is 31.3. The Morgan fingerprint density at radius 1 is 1.35 bits per heavy atom. The first-order chi connectivity index (χ1) is 9.33. The molecule has 5 atom stereocenters. The molecule has 0 aliphatic heterocycles. The van der Waals surface area contributed by atoms with Crippen molar-refractivity contribution in [2.45, 2.75) is 58.2 Å². The van der Waals surface area contributed by atoms with Gasteiger partial charge in [0, 0.05) is 24.9 Å². The van der Waals surface area contributed by atoms with Gasteiger partial charge in [-0.2, -0.15) is 0 Å². The van der Waals surface area contributed by atoms with Gasteiger partial charge in [-0.25, -0.2) is 0 Å². The van der Waals surface area contributed by atoms with Crippen LogP contribution in [0.1, 0.15) is 40.0 Å². The van der Waals surface area contributed by atoms with E-state index in [4.69, 9.17) is 10.8 Å². The standard InChI is InChI=1S/C14H26N2O4/c1-4-8(5-2)12(16-7(3)17)11-10(15)6-9(13(11)18)14(19)20/h8-13,18H,4-6,15H2,1-3H3,(H,16,17)(H,19,20)/t9-,10+,11+,12-,13+/m1/s1. The Kier molecular flexibility index (Phi) is 5.95. The van der Waals surface area contributed by atoms with Gasteiger partial charge in [-0.1, -0.05) is 26.7 Å². The third-order valence-corrected chi connectivity index (χ3v) is 4.49. The van der Waals surface area contributed by atoms with Gasteiger partial charge in [0.2, 0.25) is 5.91 Å². The number of aliphatic carboxylic acids is 1. The van der Waals surface area contributed by atoms with Gasteiger partial charge in [0.15, 0.2) is 0 Å². The van der Waals surface area contributed by atoms with Crippen LogP contribution in [0.25, 0.3) is 0 Å². The van der Waals surface area contributed by atoms with Gasteiger partial charge < -0.3 is 21.3 Å². The fourth-order valence-corrected chi connectivity index (χ4v) is 3.40. The van der Waals surface area contributed by atoms with Crippen LogP contribution < -0.4 is 11.1 Å². The van der Waals surface area contributed by atoms with E-state index >= 15 is 0 Å². The number of hydrogen-bond donors (Lipinski definition) is 4. The Morgan fingerprint density at radius 3 is 2.25 bits per heavy atom. The molecule has 0 spiro atoms. The minimum absolute atomic E-state index is 0.178. The number of nitrogens with two attached hydrogens (primary N) is 1. The molecule has 0 heterocycles. The summed E-state index contributed by atoms with van der Waals surface area (Å²) in [5, 5.41) is 22.3. The summed E-state index contributed by atoms with van der Waals surface area (Å²) in [7, 11) is 0. The Balaban J connectivity index is 3.00. The molecule has 1 rings (SSSR count). The van der Waals surface area contributed by atoms with Crippen molar-refractivity contribution in [2.24, 2.45) is 23.5 Å². The molecule has 0 unspecified atom stereocenters. The van der Waals surface area contributed by atoms with Crippen LogP contribution in [0.3, 0.4) is 0 Å². The molecule has 1 amide bonds. The average molecular weight is 286 g/mol. The topological polar surface area (TPSA) is 113 Å². The van der Waals surface area contributed by atoms with E-state index in [-0.39, 0.29) is 24.3 Å². The number of hydrogen-bond acceptors (Lipinski definition) is 4. The molecule has 1 fully saturated rings. The summed E-state index contributed by atoms with van der Waals surface area (Å²) in [4.78, 5) is 22.6. The van der Waals surface area contributed by atoms with Crippen molar-refractivity contribution in [3.63, 3.8) is 0 Å². The molecule has 6 nitrogen and oxygen atoms in total. The van der Waals surface area contributed by atoms with Crippen LogP contribution in [-0.2, 0) is 9.59 Å². The lowest BCUT2D eigenvalue weighted by atomic mass is 9.80. The van der Waals surface area contributed by atoms with Crippen LogP contribution in [0.4, 0.5) is 0 Å². The Hall–Kier alpha value is -1.14. The molecule has 1 saturated carbocycles. The van der Waals surface area contributed by atoms with Gasteiger partial charge in [-0.3, -0.25) is 9.59 Å². The number of amides is 1. The van der Waals surface area contributed by atoms with Crippen LogP contribution in [0, 0.1) is 17.8 Å². The van der Waals surface area contributed by atoms with Crippen molar-refractivity contribution in [3.8, 4) is 0 Å². The molecule has 116 valence electrons. The zero-order valence-corrected chi connectivity index (χ0v) is 12.4. The lowest BCUT2D eigenvalue weighted by molar-refractivity contribution is -0.145. The highest BCUT2D eigenvalue weighted by molar-refractivity contribution is 5.74. The number of nitrogens with one attached hydrogen (secondary N) is 1. The fourth-order valence-electron chi connectivity index (χ4n) is 3.40. The Bertz CT molecular complexity index is 357. The third kappa shape index (κ3) is 3.49. The second-order valence-electron chi connectivity index (χ2n) is 5.72. The van der Waals surface area contributed by atoms with Gasteiger partial charge in [-0.05, 0) is 12.3 Å². The highest BCUT2D eigenvalue weighted by Crippen LogP contribution is 2.36. The molecule has 0 aromatic heterocycles. The predicted octanol–water partition coefficient (Wildman–Crippen LogP) is 0.336. The number of aliphatic hydroxyl groups excluding tert-OH is 1. The van der Waals surface area contributed by atoms with E-state index in [0.717, 1.165) is 12.8 Å². The smallest absolute Gasteiger partial charge is 0.309 e. The maximum absolute atomic E-state index is 11.4. The predicted molar refractivity (Wildman–Crippen MR) is 74.9 cm³/mol. The molecule has 0 radical (unpaired) electrons. The first-order valence-corrected chi connectivity index (χ1v) is 7.26. The maximum Gasteiger partial charge on any atom is 0.309 e. The molecule has 1 aliphatic carbocycles. The van der Waals surface area contributed by atoms with E-state index in [1.54, 1.807) is 0 Å². The summed E-state index contributed by atoms with van der Waals surface area (Å²) in [6, 6.07) is -0.694. The SMILES string of the molecule is CCC(CC)[C@@H](NC(C)=O)[C@H]1[C@@H](O)[C@H](C(=O)O)C[C@@H]1N. The highest BCUT2D eigenvalue weighted by atomic mass is 16.4. The number of carbonyl (C=O) groups is 2. The van der Waals surface area contributed by atoms with Gasteiger partial charge in [0.25, 0.3) is 0 Å². The number of carboxylic acids is 1. The van der Waals surface area contributed by atoms with Gasteiger partial charge in [-0.15, -0.1) is 0 Å². The molecule has 0 bridgehead atoms. The van der Waals surface area contributed by atoms with E-state index in [1.165, 1.54) is 6.92 Å². The molecular weight excluding hydrogens is 260 g/mol. The van der Waals surface area contributed by atoms with Gasteiger partial charge >= 0.3 is 5.97 Å². The van der Waals surface area contributed by atoms with Gasteiger partial charge in [0.05, 0.1) is 12.0 Å². The van der Waals surface area contributed by atoms with Crippen LogP contribution in [0.5, 0.6) is 0 Å². The monoisotopic (exact) mass is 286 g/mol. The van der Waals surface area contributed by atoms with E-state index < -0.39 is 30.0 Å². The Morgan fingerprint density at radius 2 is 1.90 bits per heavy atom. The van der Waals surface area contributed by atoms with Crippen LogP contribution in [-0.4, -0.2) is 40.3 Å². The number of carbonyl (C=O) groups excluding carboxylic acids is 1. The molecule has 0 aromatic rings. The maximum atomic E-state index is 11.4. The van der Waals surface area contributed by atoms with Crippen LogP contribution >= 0.6 is 0 Å². The van der Waals surface area contributed by atoms with Gasteiger partial charge in [0.1, 0.15) is 0 Å². The molecule has 0 saturated heterocycles. The van der Waals surface area contributed by atoms with Crippen LogP contribution in [0.2, 0.25) is 0 Å². The summed E-state index contributed by atoms with van der Waals surface area (Å²) >= 11 is 0. The fraction of sp³-hybridized carbons (Fsp3) is 0.857.